The van der Waals surface area contributed by atoms with Crippen molar-refractivity contribution >= 4 is 34.4 Å². The molecular weight excluding hydrogens is 374 g/mol. The van der Waals surface area contributed by atoms with Crippen LogP contribution in [0.5, 0.6) is 5.75 Å². The number of anilines is 1. The van der Waals surface area contributed by atoms with E-state index in [1.165, 1.54) is 11.9 Å². The number of hydrogen-bond donors (Lipinski definition) is 2. The zero-order valence-corrected chi connectivity index (χ0v) is 16.5. The molecule has 7 heteroatoms. The topological polar surface area (TPSA) is 74.7 Å². The Morgan fingerprint density at radius 1 is 1.25 bits per heavy atom. The Labute approximate surface area is 167 Å². The van der Waals surface area contributed by atoms with Gasteiger partial charge in [-0.2, -0.15) is 0 Å². The summed E-state index contributed by atoms with van der Waals surface area (Å²) in [6.45, 7) is 2.39. The predicted molar refractivity (Wildman–Crippen MR) is 111 cm³/mol. The number of methoxy groups -OCH3 is 1. The van der Waals surface area contributed by atoms with Gasteiger partial charge < -0.3 is 19.5 Å². The Morgan fingerprint density at radius 3 is 2.79 bits per heavy atom. The average Bonchev–Trinajstić information content (AvgIpc) is 2.69. The summed E-state index contributed by atoms with van der Waals surface area (Å²) in [6.07, 6.45) is 1.78. The quantitative estimate of drug-likeness (QED) is 0.644. The molecule has 1 aliphatic rings. The highest BCUT2D eigenvalue weighted by atomic mass is 32.2. The van der Waals surface area contributed by atoms with Crippen molar-refractivity contribution < 1.29 is 14.6 Å². The number of likely N-dealkylation sites (tertiary alicyclic amines) is 1. The molecule has 0 aliphatic carbocycles. The monoisotopic (exact) mass is 395 g/mol. The summed E-state index contributed by atoms with van der Waals surface area (Å²) in [5, 5.41) is 10.9. The molecule has 28 heavy (non-hydrogen) atoms. The molecule has 0 unspecified atom stereocenters. The number of amides is 1. The van der Waals surface area contributed by atoms with Crippen molar-refractivity contribution in [2.75, 3.05) is 24.9 Å². The molecule has 4 rings (SSSR count). The number of ether oxygens (including phenoxy) is 1. The highest BCUT2D eigenvalue weighted by Crippen LogP contribution is 2.32. The zero-order valence-electron chi connectivity index (χ0n) is 15.7. The molecule has 1 saturated heterocycles. The SMILES string of the molecule is COc1cc(NSc2cccc3cccnc23)ccc1C(=O)N1CC(C)(O)C1. The number of nitrogens with zero attached hydrogens (tertiary/aromatic N) is 2. The second-order valence-electron chi connectivity index (χ2n) is 7.11. The van der Waals surface area contributed by atoms with Gasteiger partial charge in [0.2, 0.25) is 0 Å². The van der Waals surface area contributed by atoms with E-state index < -0.39 is 5.60 Å². The van der Waals surface area contributed by atoms with Gasteiger partial charge in [0.1, 0.15) is 5.75 Å². The van der Waals surface area contributed by atoms with Crippen LogP contribution in [0, 0.1) is 0 Å². The van der Waals surface area contributed by atoms with E-state index in [-0.39, 0.29) is 5.91 Å². The lowest BCUT2D eigenvalue weighted by Gasteiger charge is -2.44. The molecule has 2 N–H and O–H groups in total. The lowest BCUT2D eigenvalue weighted by Crippen LogP contribution is -2.61. The van der Waals surface area contributed by atoms with Crippen LogP contribution in [-0.2, 0) is 0 Å². The summed E-state index contributed by atoms with van der Waals surface area (Å²) in [5.41, 5.74) is 1.45. The van der Waals surface area contributed by atoms with Crippen molar-refractivity contribution in [2.24, 2.45) is 0 Å². The largest absolute Gasteiger partial charge is 0.496 e. The highest BCUT2D eigenvalue weighted by molar-refractivity contribution is 8.00. The molecule has 1 fully saturated rings. The molecule has 1 aliphatic heterocycles. The summed E-state index contributed by atoms with van der Waals surface area (Å²) in [4.78, 5) is 19.7. The Morgan fingerprint density at radius 2 is 2.04 bits per heavy atom. The van der Waals surface area contributed by atoms with Crippen molar-refractivity contribution in [3.63, 3.8) is 0 Å². The van der Waals surface area contributed by atoms with E-state index in [0.29, 0.717) is 24.4 Å². The first kappa shape index (κ1) is 18.6. The molecule has 0 radical (unpaired) electrons. The minimum Gasteiger partial charge on any atom is -0.496 e. The van der Waals surface area contributed by atoms with Crippen molar-refractivity contribution in [3.8, 4) is 5.75 Å². The van der Waals surface area contributed by atoms with Crippen LogP contribution >= 0.6 is 11.9 Å². The molecule has 0 saturated carbocycles. The Balaban J connectivity index is 1.51. The number of β-amino-alcohol motifs (C(OH)–C–C–N with tert-alkyl or cyclic N) is 1. The average molecular weight is 395 g/mol. The molecule has 2 aromatic carbocycles. The lowest BCUT2D eigenvalue weighted by molar-refractivity contribution is -0.0669. The Kier molecular flexibility index (Phi) is 4.87. The second kappa shape index (κ2) is 7.33. The number of carbonyl (C=O) groups is 1. The fraction of sp³-hybridized carbons (Fsp3) is 0.238. The lowest BCUT2D eigenvalue weighted by atomic mass is 9.95. The molecule has 6 nitrogen and oxygen atoms in total. The number of fused-ring (bicyclic) bond motifs is 1. The predicted octanol–water partition coefficient (Wildman–Crippen LogP) is 3.57. The molecular formula is C21H21N3O3S. The van der Waals surface area contributed by atoms with Crippen LogP contribution in [0.15, 0.2) is 59.6 Å². The first-order chi connectivity index (χ1) is 13.5. The fourth-order valence-corrected chi connectivity index (χ4v) is 4.06. The molecule has 3 aromatic rings. The van der Waals surface area contributed by atoms with Crippen molar-refractivity contribution in [1.82, 2.24) is 9.88 Å². The third kappa shape index (κ3) is 3.63. The Bertz CT molecular complexity index is 1030. The number of benzene rings is 2. The molecule has 0 spiro atoms. The number of aromatic nitrogens is 1. The first-order valence-electron chi connectivity index (χ1n) is 8.93. The molecule has 1 aromatic heterocycles. The summed E-state index contributed by atoms with van der Waals surface area (Å²) in [5.74, 6) is 0.360. The molecule has 0 bridgehead atoms. The van der Waals surface area contributed by atoms with Gasteiger partial charge in [0, 0.05) is 23.3 Å². The summed E-state index contributed by atoms with van der Waals surface area (Å²) in [6, 6.07) is 15.4. The number of carbonyl (C=O) groups excluding carboxylic acids is 1. The second-order valence-corrected chi connectivity index (χ2v) is 7.96. The van der Waals surface area contributed by atoms with Gasteiger partial charge in [-0.25, -0.2) is 0 Å². The number of rotatable bonds is 5. The van der Waals surface area contributed by atoms with E-state index in [0.717, 1.165) is 21.5 Å². The summed E-state index contributed by atoms with van der Waals surface area (Å²) >= 11 is 1.46. The van der Waals surface area contributed by atoms with Gasteiger partial charge in [-0.05, 0) is 43.1 Å². The molecule has 1 amide bonds. The van der Waals surface area contributed by atoms with E-state index in [1.54, 1.807) is 37.3 Å². The normalized spacial score (nSPS) is 15.2. The summed E-state index contributed by atoms with van der Waals surface area (Å²) < 4.78 is 8.72. The third-order valence-electron chi connectivity index (χ3n) is 4.66. The van der Waals surface area contributed by atoms with Gasteiger partial charge in [-0.1, -0.05) is 18.2 Å². The van der Waals surface area contributed by atoms with Gasteiger partial charge in [0.25, 0.3) is 5.91 Å². The van der Waals surface area contributed by atoms with Crippen LogP contribution in [0.1, 0.15) is 17.3 Å². The van der Waals surface area contributed by atoms with E-state index in [4.69, 9.17) is 4.74 Å². The number of nitrogens with one attached hydrogen (secondary N) is 1. The van der Waals surface area contributed by atoms with Crippen molar-refractivity contribution in [2.45, 2.75) is 17.4 Å². The van der Waals surface area contributed by atoms with Crippen molar-refractivity contribution in [1.29, 1.82) is 0 Å². The minimum atomic E-state index is -0.798. The van der Waals surface area contributed by atoms with Gasteiger partial charge in [-0.15, -0.1) is 0 Å². The van der Waals surface area contributed by atoms with Crippen LogP contribution in [0.3, 0.4) is 0 Å². The third-order valence-corrected chi connectivity index (χ3v) is 5.54. The Hall–Kier alpha value is -2.77. The van der Waals surface area contributed by atoms with Gasteiger partial charge in [0.15, 0.2) is 0 Å². The van der Waals surface area contributed by atoms with Crippen LogP contribution in [0.2, 0.25) is 0 Å². The standard InChI is InChI=1S/C21H21N3O3S/c1-21(26)12-24(13-21)20(25)16-9-8-15(11-17(16)27-2)23-28-18-7-3-5-14-6-4-10-22-19(14)18/h3-11,23,26H,12-13H2,1-2H3. The number of aliphatic hydroxyl groups is 1. The maximum Gasteiger partial charge on any atom is 0.257 e. The highest BCUT2D eigenvalue weighted by Gasteiger charge is 2.40. The van der Waals surface area contributed by atoms with E-state index in [1.807, 2.05) is 36.4 Å². The number of pyridine rings is 1. The zero-order chi connectivity index (χ0) is 19.7. The van der Waals surface area contributed by atoms with Gasteiger partial charge in [0.05, 0.1) is 41.8 Å². The molecule has 2 heterocycles. The van der Waals surface area contributed by atoms with Gasteiger partial charge in [-0.3, -0.25) is 9.78 Å². The van der Waals surface area contributed by atoms with Crippen LogP contribution in [0.25, 0.3) is 10.9 Å². The van der Waals surface area contributed by atoms with Crippen molar-refractivity contribution in [3.05, 3.63) is 60.3 Å². The van der Waals surface area contributed by atoms with E-state index >= 15 is 0 Å². The molecule has 144 valence electrons. The molecule has 0 atom stereocenters. The number of hydrogen-bond acceptors (Lipinski definition) is 6. The van der Waals surface area contributed by atoms with Gasteiger partial charge >= 0.3 is 0 Å². The maximum atomic E-state index is 12.6. The van der Waals surface area contributed by atoms with Crippen LogP contribution in [0.4, 0.5) is 5.69 Å². The first-order valence-corrected chi connectivity index (χ1v) is 9.75. The maximum absolute atomic E-state index is 12.6. The smallest absolute Gasteiger partial charge is 0.257 e. The van der Waals surface area contributed by atoms with Crippen LogP contribution < -0.4 is 9.46 Å². The number of para-hydroxylation sites is 1. The van der Waals surface area contributed by atoms with E-state index in [9.17, 15) is 9.90 Å². The van der Waals surface area contributed by atoms with Crippen LogP contribution in [-0.4, -0.2) is 46.7 Å². The van der Waals surface area contributed by atoms with E-state index in [2.05, 4.69) is 9.71 Å². The fourth-order valence-electron chi connectivity index (χ4n) is 3.29. The minimum absolute atomic E-state index is 0.138. The summed E-state index contributed by atoms with van der Waals surface area (Å²) in [7, 11) is 1.55.